The van der Waals surface area contributed by atoms with Gasteiger partial charge in [0.15, 0.2) is 11.6 Å². The smallest absolute Gasteiger partial charge is 0.161 e. The molecule has 3 heteroatoms. The number of unbranched alkanes of at least 4 members (excludes halogenated alkanes) is 10. The first kappa shape index (κ1) is 34.3. The molecule has 2 atom stereocenters. The zero-order chi connectivity index (χ0) is 26.3. The number of Topliss-reactive ketones (excluding diaryl/α,β-unsaturated/α-hetero) is 2. The average Bonchev–Trinajstić information content (AvgIpc) is 2.81. The number of ether oxygens (including phenoxy) is 1. The van der Waals surface area contributed by atoms with Crippen LogP contribution in [0.5, 0.6) is 0 Å². The largest absolute Gasteiger partial charge is 0.366 e. The van der Waals surface area contributed by atoms with Gasteiger partial charge in [-0.2, -0.15) is 0 Å². The Bertz CT molecular complexity index is 453. The number of carbonyl (C=O) groups excluding carboxylic acids is 2. The second-order valence-corrected chi connectivity index (χ2v) is 11.9. The molecule has 0 aromatic heterocycles. The van der Waals surface area contributed by atoms with Crippen LogP contribution in [-0.2, 0) is 14.3 Å². The van der Waals surface area contributed by atoms with E-state index in [2.05, 4.69) is 41.5 Å². The van der Waals surface area contributed by atoms with Crippen molar-refractivity contribution in [1.82, 2.24) is 0 Å². The first-order chi connectivity index (χ1) is 16.8. The Kier molecular flexibility index (Phi) is 23.2. The van der Waals surface area contributed by atoms with Gasteiger partial charge in [0.2, 0.25) is 0 Å². The molecule has 0 aromatic carbocycles. The van der Waals surface area contributed by atoms with Crippen LogP contribution in [0, 0.1) is 23.7 Å². The molecule has 0 aliphatic heterocycles. The van der Waals surface area contributed by atoms with E-state index < -0.39 is 0 Å². The fourth-order valence-corrected chi connectivity index (χ4v) is 4.83. The molecule has 0 N–H and O–H groups in total. The van der Waals surface area contributed by atoms with E-state index in [0.29, 0.717) is 11.8 Å². The Morgan fingerprint density at radius 1 is 0.486 bits per heavy atom. The van der Waals surface area contributed by atoms with Crippen LogP contribution in [-0.4, -0.2) is 24.8 Å². The summed E-state index contributed by atoms with van der Waals surface area (Å²) >= 11 is 0. The number of ketones is 2. The summed E-state index contributed by atoms with van der Waals surface area (Å²) in [5, 5.41) is 0. The molecule has 0 heterocycles. The molecule has 208 valence electrons. The Balaban J connectivity index is 4.54. The highest BCUT2D eigenvalue weighted by atomic mass is 16.5. The fourth-order valence-electron chi connectivity index (χ4n) is 4.83. The van der Waals surface area contributed by atoms with Crippen LogP contribution in [0.2, 0.25) is 0 Å². The Morgan fingerprint density at radius 3 is 1.17 bits per heavy atom. The van der Waals surface area contributed by atoms with Crippen molar-refractivity contribution in [2.45, 2.75) is 157 Å². The predicted molar refractivity (Wildman–Crippen MR) is 152 cm³/mol. The summed E-state index contributed by atoms with van der Waals surface area (Å²) in [7, 11) is 0. The van der Waals surface area contributed by atoms with Gasteiger partial charge >= 0.3 is 0 Å². The highest BCUT2D eigenvalue weighted by Gasteiger charge is 2.22. The number of carbonyl (C=O) groups is 2. The monoisotopic (exact) mass is 494 g/mol. The summed E-state index contributed by atoms with van der Waals surface area (Å²) in [6.45, 7) is 13.6. The molecule has 0 radical (unpaired) electrons. The molecule has 0 fully saturated rings. The van der Waals surface area contributed by atoms with E-state index in [0.717, 1.165) is 51.4 Å². The molecule has 2 unspecified atom stereocenters. The molecule has 0 aliphatic rings. The topological polar surface area (TPSA) is 43.4 Å². The third kappa shape index (κ3) is 21.1. The molecule has 0 amide bonds. The van der Waals surface area contributed by atoms with Crippen LogP contribution >= 0.6 is 0 Å². The summed E-state index contributed by atoms with van der Waals surface area (Å²) in [6, 6.07) is 0. The molecule has 0 aliphatic carbocycles. The molecule has 3 nitrogen and oxygen atoms in total. The summed E-state index contributed by atoms with van der Waals surface area (Å²) in [4.78, 5) is 25.9. The number of hydrogen-bond acceptors (Lipinski definition) is 3. The SMILES string of the molecule is CCCCCCCCC(CCC(C)C)C(=O)COCC(=O)C(CCCCCCCC)CCC(C)C. The minimum atomic E-state index is 0.0959. The van der Waals surface area contributed by atoms with Crippen LogP contribution in [0.3, 0.4) is 0 Å². The Labute approximate surface area is 219 Å². The number of hydrogen-bond donors (Lipinski definition) is 0. The lowest BCUT2D eigenvalue weighted by Crippen LogP contribution is -2.25. The van der Waals surface area contributed by atoms with E-state index in [1.807, 2.05) is 0 Å². The summed E-state index contributed by atoms with van der Waals surface area (Å²) in [5.41, 5.74) is 0. The zero-order valence-corrected chi connectivity index (χ0v) is 24.7. The van der Waals surface area contributed by atoms with Gasteiger partial charge in [-0.05, 0) is 37.5 Å². The van der Waals surface area contributed by atoms with E-state index in [-0.39, 0.29) is 36.6 Å². The van der Waals surface area contributed by atoms with Crippen molar-refractivity contribution >= 4 is 11.6 Å². The third-order valence-electron chi connectivity index (χ3n) is 7.40. The maximum atomic E-state index is 12.9. The maximum Gasteiger partial charge on any atom is 0.161 e. The van der Waals surface area contributed by atoms with Gasteiger partial charge in [0.25, 0.3) is 0 Å². The normalized spacial score (nSPS) is 13.5. The second-order valence-electron chi connectivity index (χ2n) is 11.9. The first-order valence-electron chi connectivity index (χ1n) is 15.4. The van der Waals surface area contributed by atoms with Gasteiger partial charge in [-0.1, -0.05) is 131 Å². The Morgan fingerprint density at radius 2 is 0.829 bits per heavy atom. The standard InChI is InChI=1S/C32H62O3/c1-7-9-11-13-15-17-19-29(23-21-27(3)4)31(33)25-35-26-32(34)30(24-22-28(5)6)20-18-16-14-12-10-8-2/h27-30H,7-26H2,1-6H3. The van der Waals surface area contributed by atoms with Gasteiger partial charge < -0.3 is 4.74 Å². The highest BCUT2D eigenvalue weighted by Crippen LogP contribution is 2.22. The first-order valence-corrected chi connectivity index (χ1v) is 15.4. The molecular weight excluding hydrogens is 432 g/mol. The summed E-state index contributed by atoms with van der Waals surface area (Å²) in [6.07, 6.45) is 21.1. The molecule has 0 rings (SSSR count). The van der Waals surface area contributed by atoms with Gasteiger partial charge in [-0.25, -0.2) is 0 Å². The van der Waals surface area contributed by atoms with Gasteiger partial charge in [-0.3, -0.25) is 9.59 Å². The number of rotatable bonds is 26. The molecule has 0 spiro atoms. The van der Waals surface area contributed by atoms with Crippen molar-refractivity contribution in [3.05, 3.63) is 0 Å². The summed E-state index contributed by atoms with van der Waals surface area (Å²) < 4.78 is 5.75. The fraction of sp³-hybridized carbons (Fsp3) is 0.938. The molecule has 35 heavy (non-hydrogen) atoms. The van der Waals surface area contributed by atoms with Crippen molar-refractivity contribution in [3.63, 3.8) is 0 Å². The Hall–Kier alpha value is -0.700. The van der Waals surface area contributed by atoms with Crippen molar-refractivity contribution in [3.8, 4) is 0 Å². The van der Waals surface area contributed by atoms with E-state index in [9.17, 15) is 9.59 Å². The van der Waals surface area contributed by atoms with Gasteiger partial charge in [-0.15, -0.1) is 0 Å². The lowest BCUT2D eigenvalue weighted by molar-refractivity contribution is -0.133. The van der Waals surface area contributed by atoms with Crippen molar-refractivity contribution in [2.75, 3.05) is 13.2 Å². The highest BCUT2D eigenvalue weighted by molar-refractivity contribution is 5.84. The maximum absolute atomic E-state index is 12.9. The van der Waals surface area contributed by atoms with Gasteiger partial charge in [0, 0.05) is 11.8 Å². The van der Waals surface area contributed by atoms with Gasteiger partial charge in [0.1, 0.15) is 13.2 Å². The molecule has 0 bridgehead atoms. The summed E-state index contributed by atoms with van der Waals surface area (Å²) in [5.74, 6) is 1.84. The van der Waals surface area contributed by atoms with E-state index >= 15 is 0 Å². The lowest BCUT2D eigenvalue weighted by atomic mass is 9.89. The average molecular weight is 495 g/mol. The molecule has 0 saturated carbocycles. The van der Waals surface area contributed by atoms with Crippen LogP contribution in [0.4, 0.5) is 0 Å². The second kappa shape index (κ2) is 23.7. The minimum absolute atomic E-state index is 0.0959. The minimum Gasteiger partial charge on any atom is -0.366 e. The third-order valence-corrected chi connectivity index (χ3v) is 7.40. The van der Waals surface area contributed by atoms with Gasteiger partial charge in [0.05, 0.1) is 0 Å². The van der Waals surface area contributed by atoms with Crippen molar-refractivity contribution < 1.29 is 14.3 Å². The predicted octanol–water partition coefficient (Wildman–Crippen LogP) is 9.75. The molecule has 0 saturated heterocycles. The van der Waals surface area contributed by atoms with Crippen LogP contribution in [0.15, 0.2) is 0 Å². The van der Waals surface area contributed by atoms with Crippen LogP contribution in [0.25, 0.3) is 0 Å². The van der Waals surface area contributed by atoms with Crippen molar-refractivity contribution in [1.29, 1.82) is 0 Å². The molecular formula is C32H62O3. The van der Waals surface area contributed by atoms with Crippen LogP contribution in [0.1, 0.15) is 157 Å². The van der Waals surface area contributed by atoms with Crippen LogP contribution < -0.4 is 0 Å². The van der Waals surface area contributed by atoms with E-state index in [1.165, 1.54) is 64.2 Å². The lowest BCUT2D eigenvalue weighted by Gasteiger charge is -2.19. The zero-order valence-electron chi connectivity index (χ0n) is 24.7. The molecule has 0 aromatic rings. The van der Waals surface area contributed by atoms with Crippen molar-refractivity contribution in [2.24, 2.45) is 23.7 Å². The quantitative estimate of drug-likeness (QED) is 0.112. The van der Waals surface area contributed by atoms with E-state index in [1.54, 1.807) is 0 Å². The van der Waals surface area contributed by atoms with E-state index in [4.69, 9.17) is 4.74 Å².